The topological polar surface area (TPSA) is 48.9 Å². The molecule has 0 radical (unpaired) electrons. The normalized spacial score (nSPS) is 25.0. The van der Waals surface area contributed by atoms with Crippen LogP contribution in [-0.4, -0.2) is 63.3 Å². The largest absolute Gasteiger partial charge is 0.374 e. The van der Waals surface area contributed by atoms with E-state index in [0.29, 0.717) is 6.04 Å². The number of ether oxygens (including phenoxy) is 1. The van der Waals surface area contributed by atoms with Crippen molar-refractivity contribution in [3.8, 4) is 0 Å². The Morgan fingerprint density at radius 2 is 2.04 bits per heavy atom. The van der Waals surface area contributed by atoms with E-state index in [9.17, 15) is 0 Å². The number of nitrogens with zero attached hydrogens (tertiary/aromatic N) is 2. The smallest absolute Gasteiger partial charge is 0.191 e. The lowest BCUT2D eigenvalue weighted by Gasteiger charge is -2.30. The van der Waals surface area contributed by atoms with Crippen LogP contribution in [0, 0.1) is 5.92 Å². The van der Waals surface area contributed by atoms with Crippen LogP contribution in [0.3, 0.4) is 0 Å². The van der Waals surface area contributed by atoms with Crippen molar-refractivity contribution >= 4 is 29.9 Å². The Labute approximate surface area is 165 Å². The van der Waals surface area contributed by atoms with Crippen molar-refractivity contribution in [2.45, 2.75) is 64.0 Å². The summed E-state index contributed by atoms with van der Waals surface area (Å²) >= 11 is 0. The van der Waals surface area contributed by atoms with Gasteiger partial charge in [0.15, 0.2) is 5.96 Å². The van der Waals surface area contributed by atoms with Gasteiger partial charge in [0.2, 0.25) is 0 Å². The molecule has 0 amide bonds. The molecule has 0 aromatic heterocycles. The van der Waals surface area contributed by atoms with Crippen LogP contribution in [0.4, 0.5) is 0 Å². The summed E-state index contributed by atoms with van der Waals surface area (Å²) in [7, 11) is 3.99. The second-order valence-electron chi connectivity index (χ2n) is 7.33. The number of nitrogens with one attached hydrogen (secondary N) is 2. The van der Waals surface area contributed by atoms with Gasteiger partial charge in [-0.2, -0.15) is 0 Å². The summed E-state index contributed by atoms with van der Waals surface area (Å²) in [6.45, 7) is 5.93. The molecule has 2 fully saturated rings. The third-order valence-electron chi connectivity index (χ3n) is 5.18. The molecule has 0 spiro atoms. The zero-order valence-electron chi connectivity index (χ0n) is 15.7. The average molecular weight is 452 g/mol. The number of morpholine rings is 1. The second kappa shape index (κ2) is 12.3. The molecule has 5 nitrogen and oxygen atoms in total. The molecule has 6 heteroatoms. The van der Waals surface area contributed by atoms with Crippen LogP contribution in [0.5, 0.6) is 0 Å². The maximum absolute atomic E-state index is 5.79. The van der Waals surface area contributed by atoms with Crippen LogP contribution >= 0.6 is 24.0 Å². The lowest BCUT2D eigenvalue weighted by Crippen LogP contribution is -2.49. The van der Waals surface area contributed by atoms with Crippen LogP contribution in [0.25, 0.3) is 0 Å². The molecule has 0 aromatic rings. The number of rotatable bonds is 6. The summed E-state index contributed by atoms with van der Waals surface area (Å²) in [5.41, 5.74) is 0. The minimum atomic E-state index is 0. The fraction of sp³-hybridized carbons (Fsp3) is 0.944. The molecule has 1 aliphatic heterocycles. The first-order valence-corrected chi connectivity index (χ1v) is 9.44. The SMILES string of the molecule is CN=C(NCC1CN(C)CCO1)NC(C)CCC1CCCCC1.I. The van der Waals surface area contributed by atoms with Gasteiger partial charge in [-0.1, -0.05) is 32.1 Å². The Bertz CT molecular complexity index is 361. The number of hydrogen-bond acceptors (Lipinski definition) is 3. The molecule has 1 saturated carbocycles. The maximum Gasteiger partial charge on any atom is 0.191 e. The zero-order chi connectivity index (χ0) is 16.5. The molecule has 142 valence electrons. The summed E-state index contributed by atoms with van der Waals surface area (Å²) in [4.78, 5) is 6.67. The zero-order valence-corrected chi connectivity index (χ0v) is 18.1. The maximum atomic E-state index is 5.79. The molecule has 2 unspecified atom stereocenters. The molecule has 1 saturated heterocycles. The van der Waals surface area contributed by atoms with Crippen LogP contribution in [0.1, 0.15) is 51.9 Å². The number of hydrogen-bond donors (Lipinski definition) is 2. The monoisotopic (exact) mass is 452 g/mol. The average Bonchev–Trinajstić information content (AvgIpc) is 2.58. The highest BCUT2D eigenvalue weighted by Gasteiger charge is 2.18. The van der Waals surface area contributed by atoms with Crippen LogP contribution in [-0.2, 0) is 4.74 Å². The fourth-order valence-corrected chi connectivity index (χ4v) is 3.66. The number of aliphatic imine (C=N–C) groups is 1. The van der Waals surface area contributed by atoms with E-state index >= 15 is 0 Å². The standard InChI is InChI=1S/C18H36N4O.HI/c1-15(9-10-16-7-5-4-6-8-16)21-18(19-2)20-13-17-14-22(3)11-12-23-17;/h15-17H,4-14H2,1-3H3,(H2,19,20,21);1H. The first kappa shape index (κ1) is 22.0. The van der Waals surface area contributed by atoms with Gasteiger partial charge in [-0.3, -0.25) is 4.99 Å². The lowest BCUT2D eigenvalue weighted by molar-refractivity contribution is -0.0161. The Hall–Kier alpha value is -0.0800. The minimum absolute atomic E-state index is 0. The first-order valence-electron chi connectivity index (χ1n) is 9.44. The van der Waals surface area contributed by atoms with Crippen LogP contribution in [0.2, 0.25) is 0 Å². The van der Waals surface area contributed by atoms with Gasteiger partial charge in [-0.15, -0.1) is 24.0 Å². The molecule has 2 atom stereocenters. The van der Waals surface area contributed by atoms with E-state index in [0.717, 1.165) is 38.1 Å². The van der Waals surface area contributed by atoms with Gasteiger partial charge in [0.25, 0.3) is 0 Å². The molecule has 24 heavy (non-hydrogen) atoms. The van der Waals surface area contributed by atoms with E-state index in [2.05, 4.69) is 34.5 Å². The molecule has 1 aliphatic carbocycles. The van der Waals surface area contributed by atoms with Crippen LogP contribution < -0.4 is 10.6 Å². The van der Waals surface area contributed by atoms with Crippen molar-refractivity contribution in [2.24, 2.45) is 10.9 Å². The fourth-order valence-electron chi connectivity index (χ4n) is 3.66. The van der Waals surface area contributed by atoms with Crippen molar-refractivity contribution in [2.75, 3.05) is 40.3 Å². The number of halogens is 1. The van der Waals surface area contributed by atoms with Crippen LogP contribution in [0.15, 0.2) is 4.99 Å². The quantitative estimate of drug-likeness (QED) is 0.370. The van der Waals surface area contributed by atoms with Gasteiger partial charge in [0.1, 0.15) is 0 Å². The molecule has 2 rings (SSSR count). The Morgan fingerprint density at radius 3 is 2.71 bits per heavy atom. The number of guanidine groups is 1. The van der Waals surface area contributed by atoms with E-state index in [1.165, 1.54) is 44.9 Å². The predicted molar refractivity (Wildman–Crippen MR) is 112 cm³/mol. The highest BCUT2D eigenvalue weighted by Crippen LogP contribution is 2.27. The Kier molecular flexibility index (Phi) is 11.3. The van der Waals surface area contributed by atoms with E-state index in [4.69, 9.17) is 4.74 Å². The van der Waals surface area contributed by atoms with E-state index < -0.39 is 0 Å². The third kappa shape index (κ3) is 8.34. The summed E-state index contributed by atoms with van der Waals surface area (Å²) in [5.74, 6) is 1.85. The van der Waals surface area contributed by atoms with Gasteiger partial charge in [0, 0.05) is 32.7 Å². The predicted octanol–water partition coefficient (Wildman–Crippen LogP) is 2.85. The summed E-state index contributed by atoms with van der Waals surface area (Å²) < 4.78 is 5.79. The Morgan fingerprint density at radius 1 is 1.29 bits per heavy atom. The molecule has 2 aliphatic rings. The van der Waals surface area contributed by atoms with Crippen molar-refractivity contribution in [3.05, 3.63) is 0 Å². The molecule has 1 heterocycles. The highest BCUT2D eigenvalue weighted by molar-refractivity contribution is 14.0. The number of likely N-dealkylation sites (N-methyl/N-ethyl adjacent to an activating group) is 1. The van der Waals surface area contributed by atoms with E-state index in [1.54, 1.807) is 0 Å². The minimum Gasteiger partial charge on any atom is -0.374 e. The summed E-state index contributed by atoms with van der Waals surface area (Å²) in [6, 6.07) is 0.470. The molecular formula is C18H37IN4O. The van der Waals surface area contributed by atoms with Gasteiger partial charge in [0.05, 0.1) is 12.7 Å². The van der Waals surface area contributed by atoms with Gasteiger partial charge < -0.3 is 20.3 Å². The highest BCUT2D eigenvalue weighted by atomic mass is 127. The molecule has 0 bridgehead atoms. The van der Waals surface area contributed by atoms with E-state index in [-0.39, 0.29) is 30.1 Å². The third-order valence-corrected chi connectivity index (χ3v) is 5.18. The summed E-state index contributed by atoms with van der Waals surface area (Å²) in [6.07, 6.45) is 10.0. The van der Waals surface area contributed by atoms with Crippen molar-refractivity contribution in [1.82, 2.24) is 15.5 Å². The van der Waals surface area contributed by atoms with Crippen molar-refractivity contribution < 1.29 is 4.74 Å². The van der Waals surface area contributed by atoms with Gasteiger partial charge in [-0.25, -0.2) is 0 Å². The molecule has 2 N–H and O–H groups in total. The Balaban J connectivity index is 0.00000288. The lowest BCUT2D eigenvalue weighted by atomic mass is 9.85. The van der Waals surface area contributed by atoms with E-state index in [1.807, 2.05) is 7.05 Å². The summed E-state index contributed by atoms with van der Waals surface area (Å²) in [5, 5.41) is 6.94. The molecular weight excluding hydrogens is 415 g/mol. The van der Waals surface area contributed by atoms with Crippen molar-refractivity contribution in [1.29, 1.82) is 0 Å². The van der Waals surface area contributed by atoms with Gasteiger partial charge in [-0.05, 0) is 32.7 Å². The second-order valence-corrected chi connectivity index (χ2v) is 7.33. The first-order chi connectivity index (χ1) is 11.2. The molecule has 0 aromatic carbocycles. The van der Waals surface area contributed by atoms with Crippen molar-refractivity contribution in [3.63, 3.8) is 0 Å². The van der Waals surface area contributed by atoms with Gasteiger partial charge >= 0.3 is 0 Å².